The van der Waals surface area contributed by atoms with Crippen LogP contribution in [0.25, 0.3) is 0 Å². The first-order valence-corrected chi connectivity index (χ1v) is 5.07. The smallest absolute Gasteiger partial charge is 0.407 e. The molecule has 0 heterocycles. The molecule has 16 heavy (non-hydrogen) atoms. The molecule has 0 aromatic carbocycles. The minimum atomic E-state index is -0.511. The zero-order valence-corrected chi connectivity index (χ0v) is 10.3. The highest BCUT2D eigenvalue weighted by molar-refractivity contribution is 5.77. The van der Waals surface area contributed by atoms with Gasteiger partial charge in [-0.2, -0.15) is 0 Å². The van der Waals surface area contributed by atoms with Gasteiger partial charge in [0.15, 0.2) is 0 Å². The second-order valence-corrected chi connectivity index (χ2v) is 4.21. The molecule has 0 aliphatic rings. The first-order valence-electron chi connectivity index (χ1n) is 5.07. The lowest BCUT2D eigenvalue weighted by Gasteiger charge is -2.19. The maximum atomic E-state index is 11.2. The van der Waals surface area contributed by atoms with Gasteiger partial charge in [0.25, 0.3) is 0 Å². The fourth-order valence-electron chi connectivity index (χ4n) is 0.863. The second-order valence-electron chi connectivity index (χ2n) is 4.21. The first kappa shape index (κ1) is 14.7. The molecule has 2 N–H and O–H groups in total. The lowest BCUT2D eigenvalue weighted by atomic mass is 10.2. The molecule has 0 spiro atoms. The Kier molecular flexibility index (Phi) is 6.48. The number of hydrogen-bond acceptors (Lipinski definition) is 4. The summed E-state index contributed by atoms with van der Waals surface area (Å²) in [5, 5.41) is 5.09. The van der Waals surface area contributed by atoms with Gasteiger partial charge >= 0.3 is 6.09 Å². The van der Waals surface area contributed by atoms with Crippen LogP contribution >= 0.6 is 0 Å². The van der Waals surface area contributed by atoms with Crippen LogP contribution in [0.15, 0.2) is 0 Å². The Morgan fingerprint density at radius 1 is 1.12 bits per heavy atom. The number of rotatable bonds is 5. The number of ether oxygens (including phenoxy) is 2. The summed E-state index contributed by atoms with van der Waals surface area (Å²) >= 11 is 0. The maximum Gasteiger partial charge on any atom is 0.407 e. The van der Waals surface area contributed by atoms with Crippen molar-refractivity contribution in [3.05, 3.63) is 0 Å². The summed E-state index contributed by atoms with van der Waals surface area (Å²) in [7, 11) is 1.44. The normalized spacial score (nSPS) is 10.8. The van der Waals surface area contributed by atoms with Gasteiger partial charge in [-0.05, 0) is 20.8 Å². The van der Waals surface area contributed by atoms with Crippen LogP contribution in [0.1, 0.15) is 20.8 Å². The number of carbonyl (C=O) groups excluding carboxylic acids is 2. The molecule has 6 heteroatoms. The van der Waals surface area contributed by atoms with Gasteiger partial charge in [0.1, 0.15) is 12.2 Å². The average Bonchev–Trinajstić information content (AvgIpc) is 2.10. The van der Waals surface area contributed by atoms with Gasteiger partial charge in [0, 0.05) is 20.2 Å². The topological polar surface area (TPSA) is 76.7 Å². The summed E-state index contributed by atoms with van der Waals surface area (Å²) in [5.74, 6) is -0.214. The third-order valence-electron chi connectivity index (χ3n) is 1.39. The fraction of sp³-hybridized carbons (Fsp3) is 0.800. The molecule has 0 aromatic rings. The molecule has 94 valence electrons. The van der Waals surface area contributed by atoms with E-state index in [9.17, 15) is 9.59 Å². The van der Waals surface area contributed by atoms with E-state index >= 15 is 0 Å². The van der Waals surface area contributed by atoms with E-state index in [1.54, 1.807) is 20.8 Å². The Labute approximate surface area is 95.7 Å². The summed E-state index contributed by atoms with van der Waals surface area (Å²) in [6.45, 7) is 6.05. The van der Waals surface area contributed by atoms with E-state index in [4.69, 9.17) is 4.74 Å². The number of nitrogens with one attached hydrogen (secondary N) is 2. The van der Waals surface area contributed by atoms with Crippen molar-refractivity contribution in [1.82, 2.24) is 10.6 Å². The molecule has 0 saturated heterocycles. The number of carbonyl (C=O) groups is 2. The monoisotopic (exact) mass is 232 g/mol. The molecule has 0 atom stereocenters. The van der Waals surface area contributed by atoms with E-state index in [0.717, 1.165) is 0 Å². The van der Waals surface area contributed by atoms with Gasteiger partial charge in [0.05, 0.1) is 0 Å². The van der Waals surface area contributed by atoms with E-state index in [0.29, 0.717) is 13.1 Å². The molecule has 6 nitrogen and oxygen atoms in total. The van der Waals surface area contributed by atoms with Crippen LogP contribution in [0, 0.1) is 0 Å². The Hall–Kier alpha value is -1.30. The van der Waals surface area contributed by atoms with Crippen LogP contribution in [-0.4, -0.2) is 44.4 Å². The molecular weight excluding hydrogens is 212 g/mol. The van der Waals surface area contributed by atoms with E-state index in [1.807, 2.05) is 0 Å². The van der Waals surface area contributed by atoms with Crippen molar-refractivity contribution in [3.8, 4) is 0 Å². The van der Waals surface area contributed by atoms with E-state index in [-0.39, 0.29) is 12.5 Å². The minimum Gasteiger partial charge on any atom is -0.444 e. The summed E-state index contributed by atoms with van der Waals surface area (Å²) < 4.78 is 9.63. The third kappa shape index (κ3) is 9.26. The molecule has 0 radical (unpaired) electrons. The highest BCUT2D eigenvalue weighted by Crippen LogP contribution is 2.05. The number of hydrogen-bond donors (Lipinski definition) is 2. The minimum absolute atomic E-state index is 0.0203. The SMILES string of the molecule is COCC(=O)NCCNC(=O)OC(C)(C)C. The van der Waals surface area contributed by atoms with Crippen LogP contribution in [0.4, 0.5) is 4.79 Å². The van der Waals surface area contributed by atoms with Crippen LogP contribution in [0.2, 0.25) is 0 Å². The zero-order valence-electron chi connectivity index (χ0n) is 10.3. The molecule has 0 unspecified atom stereocenters. The predicted octanol–water partition coefficient (Wildman–Crippen LogP) is 0.274. The van der Waals surface area contributed by atoms with Gasteiger partial charge in [-0.3, -0.25) is 4.79 Å². The van der Waals surface area contributed by atoms with Gasteiger partial charge in [0.2, 0.25) is 5.91 Å². The highest BCUT2D eigenvalue weighted by atomic mass is 16.6. The van der Waals surface area contributed by atoms with Crippen LogP contribution in [0.5, 0.6) is 0 Å². The standard InChI is InChI=1S/C10H20N2O4/c1-10(2,3)16-9(14)12-6-5-11-8(13)7-15-4/h5-7H2,1-4H3,(H,11,13)(H,12,14). The third-order valence-corrected chi connectivity index (χ3v) is 1.39. The van der Waals surface area contributed by atoms with Crippen molar-refractivity contribution in [1.29, 1.82) is 0 Å². The molecule has 0 aromatic heterocycles. The van der Waals surface area contributed by atoms with Gasteiger partial charge in [-0.1, -0.05) is 0 Å². The van der Waals surface area contributed by atoms with Crippen LogP contribution in [0.3, 0.4) is 0 Å². The second kappa shape index (κ2) is 7.05. The molecule has 0 saturated carbocycles. The van der Waals surface area contributed by atoms with E-state index in [1.165, 1.54) is 7.11 Å². The molecule has 0 aliphatic carbocycles. The van der Waals surface area contributed by atoms with Crippen LogP contribution < -0.4 is 10.6 Å². The molecule has 0 aliphatic heterocycles. The van der Waals surface area contributed by atoms with Crippen LogP contribution in [-0.2, 0) is 14.3 Å². The van der Waals surface area contributed by atoms with E-state index in [2.05, 4.69) is 15.4 Å². The molecular formula is C10H20N2O4. The average molecular weight is 232 g/mol. The molecule has 0 bridgehead atoms. The summed E-state index contributed by atoms with van der Waals surface area (Å²) in [6, 6.07) is 0. The first-order chi connectivity index (χ1) is 7.35. The van der Waals surface area contributed by atoms with Gasteiger partial charge in [-0.15, -0.1) is 0 Å². The maximum absolute atomic E-state index is 11.2. The number of methoxy groups -OCH3 is 1. The highest BCUT2D eigenvalue weighted by Gasteiger charge is 2.15. The van der Waals surface area contributed by atoms with Gasteiger partial charge < -0.3 is 20.1 Å². The lowest BCUT2D eigenvalue weighted by Crippen LogP contribution is -2.38. The Morgan fingerprint density at radius 3 is 2.19 bits per heavy atom. The van der Waals surface area contributed by atoms with Crippen molar-refractivity contribution < 1.29 is 19.1 Å². The quantitative estimate of drug-likeness (QED) is 0.667. The molecule has 0 rings (SSSR count). The Morgan fingerprint density at radius 2 is 1.69 bits per heavy atom. The van der Waals surface area contributed by atoms with Crippen molar-refractivity contribution in [3.63, 3.8) is 0 Å². The molecule has 0 fully saturated rings. The number of amides is 2. The summed E-state index contributed by atoms with van der Waals surface area (Å²) in [5.41, 5.74) is -0.511. The largest absolute Gasteiger partial charge is 0.444 e. The summed E-state index contributed by atoms with van der Waals surface area (Å²) in [4.78, 5) is 22.1. The van der Waals surface area contributed by atoms with Crippen molar-refractivity contribution in [2.24, 2.45) is 0 Å². The Bertz CT molecular complexity index is 235. The van der Waals surface area contributed by atoms with Gasteiger partial charge in [-0.25, -0.2) is 4.79 Å². The van der Waals surface area contributed by atoms with Crippen molar-refractivity contribution in [2.45, 2.75) is 26.4 Å². The van der Waals surface area contributed by atoms with E-state index < -0.39 is 11.7 Å². The van der Waals surface area contributed by atoms with Crippen molar-refractivity contribution in [2.75, 3.05) is 26.8 Å². The van der Waals surface area contributed by atoms with Crippen molar-refractivity contribution >= 4 is 12.0 Å². The summed E-state index contributed by atoms with van der Waals surface area (Å²) in [6.07, 6.45) is -0.492. The Balaban J connectivity index is 3.52. The predicted molar refractivity (Wildman–Crippen MR) is 59.1 cm³/mol. The zero-order chi connectivity index (χ0) is 12.6. The lowest BCUT2D eigenvalue weighted by molar-refractivity contribution is -0.124. The number of alkyl carbamates (subject to hydrolysis) is 1. The molecule has 2 amide bonds. The fourth-order valence-corrected chi connectivity index (χ4v) is 0.863.